The molecule has 0 spiro atoms. The standard InChI is InChI=1S/C23H25NO6/c1-4-28-20-13-17-11-15(2)30-21(17)12-16(20)9-10-23(26)29-14-22(25)24-18-7-5-6-8-19(18)27-3/h5-10,12-13,15H,4,11,14H2,1-3H3,(H,24,25)/b10-9+/t15-/m1/s1. The van der Waals surface area contributed by atoms with Crippen LogP contribution in [0.1, 0.15) is 25.0 Å². The van der Waals surface area contributed by atoms with Crippen LogP contribution in [-0.4, -0.2) is 38.3 Å². The van der Waals surface area contributed by atoms with Crippen molar-refractivity contribution in [3.63, 3.8) is 0 Å². The van der Waals surface area contributed by atoms with Crippen LogP contribution in [0.5, 0.6) is 17.2 Å². The lowest BCUT2D eigenvalue weighted by Gasteiger charge is -2.10. The van der Waals surface area contributed by atoms with E-state index in [1.807, 2.05) is 26.0 Å². The fourth-order valence-electron chi connectivity index (χ4n) is 3.14. The zero-order valence-electron chi connectivity index (χ0n) is 17.3. The van der Waals surface area contributed by atoms with Crippen LogP contribution >= 0.6 is 0 Å². The minimum atomic E-state index is -0.637. The third-order valence-electron chi connectivity index (χ3n) is 4.45. The van der Waals surface area contributed by atoms with Gasteiger partial charge in [-0.05, 0) is 44.2 Å². The summed E-state index contributed by atoms with van der Waals surface area (Å²) in [5.41, 5.74) is 2.30. The molecule has 2 aromatic carbocycles. The van der Waals surface area contributed by atoms with Gasteiger partial charge < -0.3 is 24.3 Å². The van der Waals surface area contributed by atoms with Crippen molar-refractivity contribution >= 4 is 23.6 Å². The van der Waals surface area contributed by atoms with Crippen LogP contribution in [0.3, 0.4) is 0 Å². The maximum atomic E-state index is 12.1. The summed E-state index contributed by atoms with van der Waals surface area (Å²) in [7, 11) is 1.51. The van der Waals surface area contributed by atoms with Crippen LogP contribution in [0.25, 0.3) is 6.08 Å². The summed E-state index contributed by atoms with van der Waals surface area (Å²) < 4.78 is 21.7. The molecule has 1 aliphatic heterocycles. The molecule has 0 aromatic heterocycles. The van der Waals surface area contributed by atoms with Gasteiger partial charge in [0.05, 0.1) is 19.4 Å². The van der Waals surface area contributed by atoms with Gasteiger partial charge in [0.2, 0.25) is 0 Å². The summed E-state index contributed by atoms with van der Waals surface area (Å²) in [5.74, 6) is 0.884. The van der Waals surface area contributed by atoms with E-state index in [9.17, 15) is 9.59 Å². The fraction of sp³-hybridized carbons (Fsp3) is 0.304. The van der Waals surface area contributed by atoms with E-state index in [1.165, 1.54) is 13.2 Å². The summed E-state index contributed by atoms with van der Waals surface area (Å²) in [6.07, 6.45) is 3.79. The van der Waals surface area contributed by atoms with Crippen molar-refractivity contribution in [1.29, 1.82) is 0 Å². The molecule has 0 radical (unpaired) electrons. The van der Waals surface area contributed by atoms with Crippen LogP contribution in [0.2, 0.25) is 0 Å². The number of hydrogen-bond acceptors (Lipinski definition) is 6. The highest BCUT2D eigenvalue weighted by molar-refractivity contribution is 5.95. The van der Waals surface area contributed by atoms with Crippen LogP contribution in [0.4, 0.5) is 5.69 Å². The van der Waals surface area contributed by atoms with Crippen molar-refractivity contribution in [2.45, 2.75) is 26.4 Å². The first-order valence-corrected chi connectivity index (χ1v) is 9.74. The third-order valence-corrected chi connectivity index (χ3v) is 4.45. The van der Waals surface area contributed by atoms with E-state index in [1.54, 1.807) is 30.3 Å². The average molecular weight is 411 g/mol. The van der Waals surface area contributed by atoms with E-state index in [-0.39, 0.29) is 6.10 Å². The van der Waals surface area contributed by atoms with Gasteiger partial charge in [-0.1, -0.05) is 12.1 Å². The number of carbonyl (C=O) groups is 2. The molecule has 0 unspecified atom stereocenters. The molecule has 1 heterocycles. The molecule has 1 atom stereocenters. The fourth-order valence-corrected chi connectivity index (χ4v) is 3.14. The van der Waals surface area contributed by atoms with E-state index in [2.05, 4.69) is 5.32 Å². The molecule has 0 bridgehead atoms. The lowest BCUT2D eigenvalue weighted by atomic mass is 10.1. The second kappa shape index (κ2) is 9.82. The second-order valence-electron chi connectivity index (χ2n) is 6.75. The number of carbonyl (C=O) groups excluding carboxylic acids is 2. The number of ether oxygens (including phenoxy) is 4. The van der Waals surface area contributed by atoms with Crippen LogP contribution in [0, 0.1) is 0 Å². The quantitative estimate of drug-likeness (QED) is 0.528. The minimum Gasteiger partial charge on any atom is -0.495 e. The van der Waals surface area contributed by atoms with Gasteiger partial charge in [-0.3, -0.25) is 4.79 Å². The normalized spacial score (nSPS) is 14.7. The van der Waals surface area contributed by atoms with Crippen LogP contribution in [-0.2, 0) is 20.7 Å². The highest BCUT2D eigenvalue weighted by atomic mass is 16.5. The molecule has 0 fully saturated rings. The lowest BCUT2D eigenvalue weighted by molar-refractivity contribution is -0.142. The van der Waals surface area contributed by atoms with Gasteiger partial charge >= 0.3 is 5.97 Å². The zero-order chi connectivity index (χ0) is 21.5. The van der Waals surface area contributed by atoms with Crippen molar-refractivity contribution in [3.05, 3.63) is 53.6 Å². The molecular weight excluding hydrogens is 386 g/mol. The predicted molar refractivity (Wildman–Crippen MR) is 113 cm³/mol. The van der Waals surface area contributed by atoms with E-state index in [0.717, 1.165) is 17.7 Å². The van der Waals surface area contributed by atoms with Crippen molar-refractivity contribution in [3.8, 4) is 17.2 Å². The van der Waals surface area contributed by atoms with Crippen LogP contribution < -0.4 is 19.5 Å². The Balaban J connectivity index is 1.59. The summed E-state index contributed by atoms with van der Waals surface area (Å²) in [4.78, 5) is 24.1. The molecule has 30 heavy (non-hydrogen) atoms. The Labute approximate surface area is 175 Å². The smallest absolute Gasteiger partial charge is 0.331 e. The number of nitrogens with one attached hydrogen (secondary N) is 1. The monoisotopic (exact) mass is 411 g/mol. The molecular formula is C23H25NO6. The molecule has 0 aliphatic carbocycles. The van der Waals surface area contributed by atoms with Crippen molar-refractivity contribution in [2.75, 3.05) is 25.6 Å². The summed E-state index contributed by atoms with van der Waals surface area (Å²) >= 11 is 0. The SMILES string of the molecule is CCOc1cc2c(cc1/C=C/C(=O)OCC(=O)Nc1ccccc1OC)O[C@H](C)C2. The number of para-hydroxylation sites is 2. The first-order chi connectivity index (χ1) is 14.5. The van der Waals surface area contributed by atoms with Crippen molar-refractivity contribution in [2.24, 2.45) is 0 Å². The largest absolute Gasteiger partial charge is 0.495 e. The van der Waals surface area contributed by atoms with Crippen molar-refractivity contribution < 1.29 is 28.5 Å². The molecule has 158 valence electrons. The summed E-state index contributed by atoms with van der Waals surface area (Å²) in [6, 6.07) is 10.8. The van der Waals surface area contributed by atoms with Gasteiger partial charge in [0, 0.05) is 23.6 Å². The third kappa shape index (κ3) is 5.31. The van der Waals surface area contributed by atoms with Gasteiger partial charge in [0.15, 0.2) is 6.61 Å². The Morgan fingerprint density at radius 3 is 2.80 bits per heavy atom. The number of hydrogen-bond donors (Lipinski definition) is 1. The number of esters is 1. The Morgan fingerprint density at radius 1 is 1.23 bits per heavy atom. The number of anilines is 1. The molecule has 7 heteroatoms. The molecule has 3 rings (SSSR count). The first-order valence-electron chi connectivity index (χ1n) is 9.74. The maximum absolute atomic E-state index is 12.1. The van der Waals surface area contributed by atoms with Crippen molar-refractivity contribution in [1.82, 2.24) is 0 Å². The Kier molecular flexibility index (Phi) is 6.95. The minimum absolute atomic E-state index is 0.112. The molecule has 7 nitrogen and oxygen atoms in total. The van der Waals surface area contributed by atoms with E-state index < -0.39 is 18.5 Å². The topological polar surface area (TPSA) is 83.1 Å². The predicted octanol–water partition coefficient (Wildman–Crippen LogP) is 3.61. The first kappa shape index (κ1) is 21.2. The number of fused-ring (bicyclic) bond motifs is 1. The van der Waals surface area contributed by atoms with E-state index in [0.29, 0.717) is 29.4 Å². The van der Waals surface area contributed by atoms with Gasteiger partial charge in [-0.2, -0.15) is 0 Å². The zero-order valence-corrected chi connectivity index (χ0v) is 17.3. The Bertz CT molecular complexity index is 953. The van der Waals surface area contributed by atoms with Gasteiger partial charge in [0.1, 0.15) is 23.4 Å². The summed E-state index contributed by atoms with van der Waals surface area (Å²) in [6.45, 7) is 3.99. The molecule has 1 aliphatic rings. The van der Waals surface area contributed by atoms with E-state index in [4.69, 9.17) is 18.9 Å². The summed E-state index contributed by atoms with van der Waals surface area (Å²) in [5, 5.41) is 2.65. The average Bonchev–Trinajstić information content (AvgIpc) is 3.10. The molecule has 1 N–H and O–H groups in total. The number of rotatable bonds is 8. The van der Waals surface area contributed by atoms with Gasteiger partial charge in [0.25, 0.3) is 5.91 Å². The number of benzene rings is 2. The van der Waals surface area contributed by atoms with Gasteiger partial charge in [-0.15, -0.1) is 0 Å². The Morgan fingerprint density at radius 2 is 2.03 bits per heavy atom. The lowest BCUT2D eigenvalue weighted by Crippen LogP contribution is -2.20. The van der Waals surface area contributed by atoms with Crippen LogP contribution in [0.15, 0.2) is 42.5 Å². The molecule has 1 amide bonds. The highest BCUT2D eigenvalue weighted by Gasteiger charge is 2.21. The molecule has 2 aromatic rings. The molecule has 0 saturated carbocycles. The van der Waals surface area contributed by atoms with Gasteiger partial charge in [-0.25, -0.2) is 4.79 Å². The molecule has 0 saturated heterocycles. The van der Waals surface area contributed by atoms with E-state index >= 15 is 0 Å². The maximum Gasteiger partial charge on any atom is 0.331 e. The number of amides is 1. The number of methoxy groups -OCH3 is 1. The second-order valence-corrected chi connectivity index (χ2v) is 6.75. The Hall–Kier alpha value is -3.48. The highest BCUT2D eigenvalue weighted by Crippen LogP contribution is 2.35.